The molecule has 1 unspecified atom stereocenters. The fraction of sp³-hybridized carbons (Fsp3) is 0.423. The summed E-state index contributed by atoms with van der Waals surface area (Å²) in [7, 11) is 0. The maximum Gasteiger partial charge on any atom is 0.409 e. The Balaban J connectivity index is 1.41. The first-order valence-corrected chi connectivity index (χ1v) is 11.8. The molecule has 186 valence electrons. The van der Waals surface area contributed by atoms with Gasteiger partial charge in [-0.05, 0) is 29.5 Å². The van der Waals surface area contributed by atoms with Gasteiger partial charge in [-0.15, -0.1) is 0 Å². The molecule has 2 aromatic rings. The lowest BCUT2D eigenvalue weighted by Crippen LogP contribution is -2.30. The van der Waals surface area contributed by atoms with Crippen molar-refractivity contribution < 1.29 is 29.0 Å². The summed E-state index contributed by atoms with van der Waals surface area (Å²) in [6.07, 6.45) is -0.844. The Labute approximate surface area is 204 Å². The summed E-state index contributed by atoms with van der Waals surface area (Å²) in [6, 6.07) is 17.2. The van der Waals surface area contributed by atoms with Crippen molar-refractivity contribution in [1.29, 1.82) is 0 Å². The largest absolute Gasteiger partial charge is 0.486 e. The SMILES string of the molecule is CC(C)COC(=O)N1C[C@H](CC(=O)O)[C@H](c2cccc(OCC3=NC(c4ccccc4)ON3)c2)C1. The van der Waals surface area contributed by atoms with Crippen LogP contribution in [0.3, 0.4) is 0 Å². The van der Waals surface area contributed by atoms with Crippen LogP contribution in [0.1, 0.15) is 43.5 Å². The molecule has 1 amide bonds. The van der Waals surface area contributed by atoms with Gasteiger partial charge in [0.2, 0.25) is 6.23 Å². The summed E-state index contributed by atoms with van der Waals surface area (Å²) < 4.78 is 11.3. The van der Waals surface area contributed by atoms with Crippen LogP contribution in [-0.2, 0) is 14.4 Å². The van der Waals surface area contributed by atoms with Gasteiger partial charge in [0, 0.05) is 24.6 Å². The molecule has 0 saturated carbocycles. The monoisotopic (exact) mass is 481 g/mol. The van der Waals surface area contributed by atoms with Crippen molar-refractivity contribution in [3.05, 3.63) is 65.7 Å². The van der Waals surface area contributed by atoms with Crippen molar-refractivity contribution in [3.63, 3.8) is 0 Å². The number of carboxylic acids is 1. The lowest BCUT2D eigenvalue weighted by atomic mass is 9.87. The summed E-state index contributed by atoms with van der Waals surface area (Å²) in [5.41, 5.74) is 4.68. The van der Waals surface area contributed by atoms with Crippen LogP contribution in [0.5, 0.6) is 5.75 Å². The van der Waals surface area contributed by atoms with E-state index >= 15 is 0 Å². The van der Waals surface area contributed by atoms with Crippen molar-refractivity contribution in [3.8, 4) is 5.75 Å². The van der Waals surface area contributed by atoms with Crippen molar-refractivity contribution in [2.75, 3.05) is 26.3 Å². The van der Waals surface area contributed by atoms with Gasteiger partial charge in [-0.3, -0.25) is 4.79 Å². The highest BCUT2D eigenvalue weighted by molar-refractivity contribution is 5.83. The summed E-state index contributed by atoms with van der Waals surface area (Å²) in [6.45, 7) is 5.22. The molecule has 2 aliphatic rings. The van der Waals surface area contributed by atoms with E-state index in [1.165, 1.54) is 0 Å². The average Bonchev–Trinajstić information content (AvgIpc) is 3.49. The Kier molecular flexibility index (Phi) is 7.87. The molecule has 0 bridgehead atoms. The Morgan fingerprint density at radius 3 is 2.66 bits per heavy atom. The standard InChI is InChI=1S/C26H31N3O6/c1-17(2)15-34-26(32)29-13-20(12-24(30)31)22(14-29)19-9-6-10-21(11-19)33-16-23-27-25(35-28-23)18-7-4-3-5-8-18/h3-11,17,20,22,25H,12-16H2,1-2H3,(H,27,28)(H,30,31)/t20-,22-,25?/m0/s1. The van der Waals surface area contributed by atoms with Crippen molar-refractivity contribution in [2.24, 2.45) is 16.8 Å². The zero-order chi connectivity index (χ0) is 24.8. The predicted octanol–water partition coefficient (Wildman–Crippen LogP) is 3.98. The third-order valence-electron chi connectivity index (χ3n) is 5.98. The maximum atomic E-state index is 12.5. The number of amides is 1. The van der Waals surface area contributed by atoms with Crippen molar-refractivity contribution >= 4 is 17.9 Å². The van der Waals surface area contributed by atoms with Gasteiger partial charge >= 0.3 is 12.1 Å². The highest BCUT2D eigenvalue weighted by Gasteiger charge is 2.38. The second-order valence-corrected chi connectivity index (χ2v) is 9.26. The first kappa shape index (κ1) is 24.5. The summed E-state index contributed by atoms with van der Waals surface area (Å²) in [5, 5.41) is 9.41. The van der Waals surface area contributed by atoms with E-state index in [9.17, 15) is 14.7 Å². The highest BCUT2D eigenvalue weighted by atomic mass is 16.7. The van der Waals surface area contributed by atoms with E-state index in [1.54, 1.807) is 4.90 Å². The number of hydrogen-bond acceptors (Lipinski definition) is 7. The lowest BCUT2D eigenvalue weighted by molar-refractivity contribution is -0.138. The summed E-state index contributed by atoms with van der Waals surface area (Å²) in [5.74, 6) is 0.207. The van der Waals surface area contributed by atoms with Crippen LogP contribution in [0.2, 0.25) is 0 Å². The van der Waals surface area contributed by atoms with Crippen LogP contribution in [0.25, 0.3) is 0 Å². The molecule has 2 heterocycles. The normalized spacial score (nSPS) is 21.5. The van der Waals surface area contributed by atoms with Crippen molar-refractivity contribution in [2.45, 2.75) is 32.4 Å². The molecule has 0 radical (unpaired) electrons. The molecule has 1 saturated heterocycles. The van der Waals surface area contributed by atoms with Gasteiger partial charge in [-0.25, -0.2) is 20.1 Å². The van der Waals surface area contributed by atoms with E-state index in [-0.39, 0.29) is 30.8 Å². The first-order valence-electron chi connectivity index (χ1n) is 11.8. The molecule has 0 spiro atoms. The van der Waals surface area contributed by atoms with Crippen LogP contribution < -0.4 is 10.2 Å². The molecule has 2 aromatic carbocycles. The van der Waals surface area contributed by atoms with Gasteiger partial charge in [0.05, 0.1) is 13.0 Å². The number of benzene rings is 2. The van der Waals surface area contributed by atoms with Gasteiger partial charge in [0.25, 0.3) is 0 Å². The number of hydrogen-bond donors (Lipinski definition) is 2. The molecular weight excluding hydrogens is 450 g/mol. The molecule has 3 atom stereocenters. The number of nitrogens with one attached hydrogen (secondary N) is 1. The topological polar surface area (TPSA) is 110 Å². The third kappa shape index (κ3) is 6.51. The minimum atomic E-state index is -0.886. The van der Waals surface area contributed by atoms with E-state index in [4.69, 9.17) is 14.3 Å². The second-order valence-electron chi connectivity index (χ2n) is 9.26. The lowest BCUT2D eigenvalue weighted by Gasteiger charge is -2.18. The van der Waals surface area contributed by atoms with Gasteiger partial charge in [-0.2, -0.15) is 0 Å². The number of nitrogens with zero attached hydrogens (tertiary/aromatic N) is 2. The molecular formula is C26H31N3O6. The van der Waals surface area contributed by atoms with Crippen molar-refractivity contribution in [1.82, 2.24) is 10.4 Å². The highest BCUT2D eigenvalue weighted by Crippen LogP contribution is 2.36. The Bertz CT molecular complexity index is 1060. The number of likely N-dealkylation sites (tertiary alicyclic amines) is 1. The number of hydroxylamine groups is 1. The average molecular weight is 482 g/mol. The molecule has 35 heavy (non-hydrogen) atoms. The summed E-state index contributed by atoms with van der Waals surface area (Å²) in [4.78, 5) is 35.6. The van der Waals surface area contributed by atoms with E-state index in [0.717, 1.165) is 11.1 Å². The molecule has 9 nitrogen and oxygen atoms in total. The van der Waals surface area contributed by atoms with Crippen LogP contribution in [0.15, 0.2) is 59.6 Å². The molecule has 4 rings (SSSR count). The van der Waals surface area contributed by atoms with Gasteiger partial charge < -0.3 is 19.5 Å². The Hall–Kier alpha value is -3.59. The number of aliphatic imine (C=N–C) groups is 1. The van der Waals surface area contributed by atoms with E-state index in [0.29, 0.717) is 31.3 Å². The summed E-state index contributed by atoms with van der Waals surface area (Å²) >= 11 is 0. The minimum Gasteiger partial charge on any atom is -0.486 e. The van der Waals surface area contributed by atoms with Gasteiger partial charge in [0.15, 0.2) is 5.84 Å². The van der Waals surface area contributed by atoms with Crippen LogP contribution in [0.4, 0.5) is 4.79 Å². The first-order chi connectivity index (χ1) is 16.9. The predicted molar refractivity (Wildman–Crippen MR) is 129 cm³/mol. The van der Waals surface area contributed by atoms with Gasteiger partial charge in [-0.1, -0.05) is 56.3 Å². The number of amidine groups is 1. The number of carboxylic acid groups (broad SMARTS) is 1. The second kappa shape index (κ2) is 11.2. The van der Waals surface area contributed by atoms with Crippen LogP contribution >= 0.6 is 0 Å². The number of ether oxygens (including phenoxy) is 2. The molecule has 2 aliphatic heterocycles. The third-order valence-corrected chi connectivity index (χ3v) is 5.98. The van der Waals surface area contributed by atoms with Crippen LogP contribution in [-0.4, -0.2) is 54.2 Å². The zero-order valence-corrected chi connectivity index (χ0v) is 19.9. The number of carbonyl (C=O) groups is 2. The number of aliphatic carboxylic acids is 1. The van der Waals surface area contributed by atoms with E-state index in [2.05, 4.69) is 10.5 Å². The molecule has 1 fully saturated rings. The van der Waals surface area contributed by atoms with Crippen LogP contribution in [0, 0.1) is 11.8 Å². The van der Waals surface area contributed by atoms with E-state index < -0.39 is 18.3 Å². The minimum absolute atomic E-state index is 0.0251. The zero-order valence-electron chi connectivity index (χ0n) is 19.9. The Morgan fingerprint density at radius 1 is 1.14 bits per heavy atom. The van der Waals surface area contributed by atoms with E-state index in [1.807, 2.05) is 68.4 Å². The number of carbonyl (C=O) groups excluding carboxylic acids is 1. The van der Waals surface area contributed by atoms with Gasteiger partial charge in [0.1, 0.15) is 12.4 Å². The quantitative estimate of drug-likeness (QED) is 0.557. The molecule has 2 N–H and O–H groups in total. The molecule has 0 aromatic heterocycles. The molecule has 0 aliphatic carbocycles. The Morgan fingerprint density at radius 2 is 1.91 bits per heavy atom. The molecule has 9 heteroatoms. The fourth-order valence-corrected chi connectivity index (χ4v) is 4.29. The number of rotatable bonds is 9. The maximum absolute atomic E-state index is 12.5. The fourth-order valence-electron chi connectivity index (χ4n) is 4.29. The smallest absolute Gasteiger partial charge is 0.409 e.